The van der Waals surface area contributed by atoms with Crippen LogP contribution in [0.5, 0.6) is 0 Å². The molecule has 0 heterocycles. The molecule has 1 saturated carbocycles. The Morgan fingerprint density at radius 2 is 1.74 bits per heavy atom. The summed E-state index contributed by atoms with van der Waals surface area (Å²) >= 11 is 0. The average molecular weight is 319 g/mol. The van der Waals surface area contributed by atoms with Gasteiger partial charge in [0.1, 0.15) is 5.60 Å². The minimum absolute atomic E-state index is 0.0126. The standard InChI is InChI=1S/C18H25NO4/c1-18(2,3)23-17(22)19(15-5-4-6-15)12-14-9-7-13(8-10-14)11-16(20)21/h7-10,15H,4-6,11-12H2,1-3H3,(H,20,21). The third-order valence-electron chi connectivity index (χ3n) is 3.87. The molecule has 0 radical (unpaired) electrons. The highest BCUT2D eigenvalue weighted by Gasteiger charge is 2.31. The van der Waals surface area contributed by atoms with Crippen LogP contribution >= 0.6 is 0 Å². The Morgan fingerprint density at radius 1 is 1.17 bits per heavy atom. The number of rotatable bonds is 5. The Morgan fingerprint density at radius 3 is 2.17 bits per heavy atom. The summed E-state index contributed by atoms with van der Waals surface area (Å²) in [4.78, 5) is 24.9. The van der Waals surface area contributed by atoms with Gasteiger partial charge in [0.25, 0.3) is 0 Å². The van der Waals surface area contributed by atoms with Crippen molar-refractivity contribution in [1.29, 1.82) is 0 Å². The summed E-state index contributed by atoms with van der Waals surface area (Å²) in [7, 11) is 0. The van der Waals surface area contributed by atoms with Crippen LogP contribution in [-0.4, -0.2) is 33.7 Å². The molecule has 0 unspecified atom stereocenters. The van der Waals surface area contributed by atoms with Crippen molar-refractivity contribution in [2.75, 3.05) is 0 Å². The predicted molar refractivity (Wildman–Crippen MR) is 87.2 cm³/mol. The van der Waals surface area contributed by atoms with Crippen LogP contribution < -0.4 is 0 Å². The van der Waals surface area contributed by atoms with Crippen molar-refractivity contribution in [2.45, 2.75) is 64.6 Å². The number of ether oxygens (including phenoxy) is 1. The van der Waals surface area contributed by atoms with Gasteiger partial charge in [0.15, 0.2) is 0 Å². The molecule has 5 nitrogen and oxygen atoms in total. The largest absolute Gasteiger partial charge is 0.481 e. The van der Waals surface area contributed by atoms with E-state index < -0.39 is 11.6 Å². The molecule has 1 aromatic rings. The van der Waals surface area contributed by atoms with Crippen LogP contribution in [0.2, 0.25) is 0 Å². The van der Waals surface area contributed by atoms with Crippen LogP contribution in [-0.2, 0) is 22.5 Å². The van der Waals surface area contributed by atoms with Gasteiger partial charge in [0.05, 0.1) is 6.42 Å². The third kappa shape index (κ3) is 5.27. The van der Waals surface area contributed by atoms with Crippen LogP contribution in [0.25, 0.3) is 0 Å². The van der Waals surface area contributed by atoms with Crippen molar-refractivity contribution in [3.8, 4) is 0 Å². The first kappa shape index (κ1) is 17.3. The van der Waals surface area contributed by atoms with Crippen molar-refractivity contribution >= 4 is 12.1 Å². The van der Waals surface area contributed by atoms with Crippen LogP contribution in [0.1, 0.15) is 51.2 Å². The second kappa shape index (κ2) is 7.02. The first-order chi connectivity index (χ1) is 10.7. The minimum atomic E-state index is -0.845. The monoisotopic (exact) mass is 319 g/mol. The molecule has 1 aliphatic rings. The van der Waals surface area contributed by atoms with E-state index in [1.165, 1.54) is 0 Å². The van der Waals surface area contributed by atoms with Gasteiger partial charge in [-0.3, -0.25) is 4.79 Å². The maximum absolute atomic E-state index is 12.4. The lowest BCUT2D eigenvalue weighted by molar-refractivity contribution is -0.136. The highest BCUT2D eigenvalue weighted by molar-refractivity contribution is 5.70. The number of carboxylic acid groups (broad SMARTS) is 1. The van der Waals surface area contributed by atoms with Gasteiger partial charge in [-0.25, -0.2) is 4.79 Å². The summed E-state index contributed by atoms with van der Waals surface area (Å²) in [6.07, 6.45) is 2.89. The number of aliphatic carboxylic acids is 1. The maximum Gasteiger partial charge on any atom is 0.410 e. The molecule has 0 atom stereocenters. The predicted octanol–water partition coefficient (Wildman–Crippen LogP) is 3.60. The van der Waals surface area contributed by atoms with E-state index in [4.69, 9.17) is 9.84 Å². The number of benzene rings is 1. The Hall–Kier alpha value is -2.04. The first-order valence-electron chi connectivity index (χ1n) is 8.04. The molecule has 0 bridgehead atoms. The summed E-state index contributed by atoms with van der Waals surface area (Å²) < 4.78 is 5.51. The highest BCUT2D eigenvalue weighted by Crippen LogP contribution is 2.28. The van der Waals surface area contributed by atoms with Crippen molar-refractivity contribution in [1.82, 2.24) is 4.90 Å². The molecule has 1 aromatic carbocycles. The summed E-state index contributed by atoms with van der Waals surface area (Å²) in [5.41, 5.74) is 1.23. The second-order valence-corrected chi connectivity index (χ2v) is 7.08. The number of nitrogens with zero attached hydrogens (tertiary/aromatic N) is 1. The first-order valence-corrected chi connectivity index (χ1v) is 8.04. The molecule has 1 amide bonds. The minimum Gasteiger partial charge on any atom is -0.481 e. The fraction of sp³-hybridized carbons (Fsp3) is 0.556. The summed E-state index contributed by atoms with van der Waals surface area (Å²) in [5, 5.41) is 8.81. The zero-order chi connectivity index (χ0) is 17.0. The van der Waals surface area contributed by atoms with Crippen molar-refractivity contribution in [2.24, 2.45) is 0 Å². The lowest BCUT2D eigenvalue weighted by Crippen LogP contribution is -2.46. The van der Waals surface area contributed by atoms with E-state index in [1.54, 1.807) is 17.0 Å². The van der Waals surface area contributed by atoms with Crippen LogP contribution in [0.3, 0.4) is 0 Å². The smallest absolute Gasteiger partial charge is 0.410 e. The van der Waals surface area contributed by atoms with Crippen molar-refractivity contribution in [3.05, 3.63) is 35.4 Å². The molecule has 0 spiro atoms. The second-order valence-electron chi connectivity index (χ2n) is 7.08. The highest BCUT2D eigenvalue weighted by atomic mass is 16.6. The lowest BCUT2D eigenvalue weighted by atomic mass is 9.91. The van der Waals surface area contributed by atoms with Crippen LogP contribution in [0, 0.1) is 0 Å². The molecule has 1 fully saturated rings. The number of amides is 1. The molecule has 2 rings (SSSR count). The van der Waals surface area contributed by atoms with Gasteiger partial charge >= 0.3 is 12.1 Å². The topological polar surface area (TPSA) is 66.8 Å². The molecule has 5 heteroatoms. The molecule has 1 N–H and O–H groups in total. The number of carbonyl (C=O) groups excluding carboxylic acids is 1. The van der Waals surface area contributed by atoms with Crippen molar-refractivity contribution in [3.63, 3.8) is 0 Å². The Balaban J connectivity index is 2.05. The van der Waals surface area contributed by atoms with Gasteiger partial charge in [-0.15, -0.1) is 0 Å². The van der Waals surface area contributed by atoms with E-state index in [0.29, 0.717) is 6.54 Å². The lowest BCUT2D eigenvalue weighted by Gasteiger charge is -2.38. The summed E-state index contributed by atoms with van der Waals surface area (Å²) in [6, 6.07) is 7.61. The summed E-state index contributed by atoms with van der Waals surface area (Å²) in [5.74, 6) is -0.845. The van der Waals surface area contributed by atoms with Gasteiger partial charge in [0.2, 0.25) is 0 Å². The molecule has 0 aromatic heterocycles. The van der Waals surface area contributed by atoms with E-state index in [9.17, 15) is 9.59 Å². The fourth-order valence-corrected chi connectivity index (χ4v) is 2.50. The molecular formula is C18H25NO4. The van der Waals surface area contributed by atoms with Gasteiger partial charge in [-0.05, 0) is 51.2 Å². The Bertz CT molecular complexity index is 555. The number of hydrogen-bond donors (Lipinski definition) is 1. The Labute approximate surface area is 137 Å². The number of hydrogen-bond acceptors (Lipinski definition) is 3. The van der Waals surface area contributed by atoms with E-state index in [-0.39, 0.29) is 18.6 Å². The van der Waals surface area contributed by atoms with E-state index in [0.717, 1.165) is 30.4 Å². The zero-order valence-corrected chi connectivity index (χ0v) is 14.0. The van der Waals surface area contributed by atoms with Gasteiger partial charge in [-0.1, -0.05) is 24.3 Å². The van der Waals surface area contributed by atoms with Crippen LogP contribution in [0.15, 0.2) is 24.3 Å². The van der Waals surface area contributed by atoms with Crippen molar-refractivity contribution < 1.29 is 19.4 Å². The van der Waals surface area contributed by atoms with Gasteiger partial charge < -0.3 is 14.7 Å². The quantitative estimate of drug-likeness (QED) is 0.900. The van der Waals surface area contributed by atoms with Crippen LogP contribution in [0.4, 0.5) is 4.79 Å². The normalized spacial score (nSPS) is 14.9. The van der Waals surface area contributed by atoms with E-state index >= 15 is 0 Å². The third-order valence-corrected chi connectivity index (χ3v) is 3.87. The molecule has 0 aliphatic heterocycles. The molecule has 23 heavy (non-hydrogen) atoms. The SMILES string of the molecule is CC(C)(C)OC(=O)N(Cc1ccc(CC(=O)O)cc1)C1CCC1. The van der Waals surface area contributed by atoms with E-state index in [2.05, 4.69) is 0 Å². The van der Waals surface area contributed by atoms with Gasteiger partial charge in [0, 0.05) is 12.6 Å². The molecular weight excluding hydrogens is 294 g/mol. The van der Waals surface area contributed by atoms with Gasteiger partial charge in [-0.2, -0.15) is 0 Å². The summed E-state index contributed by atoms with van der Waals surface area (Å²) in [6.45, 7) is 6.09. The zero-order valence-electron chi connectivity index (χ0n) is 14.0. The number of carbonyl (C=O) groups is 2. The van der Waals surface area contributed by atoms with E-state index in [1.807, 2.05) is 32.9 Å². The average Bonchev–Trinajstić information content (AvgIpc) is 2.35. The Kier molecular flexibility index (Phi) is 5.29. The molecule has 1 aliphatic carbocycles. The number of carboxylic acids is 1. The maximum atomic E-state index is 12.4. The molecule has 126 valence electrons. The fourth-order valence-electron chi connectivity index (χ4n) is 2.50. The molecule has 0 saturated heterocycles.